The van der Waals surface area contributed by atoms with Gasteiger partial charge in [0.25, 0.3) is 0 Å². The Morgan fingerprint density at radius 3 is 2.27 bits per heavy atom. The zero-order chi connectivity index (χ0) is 8.43. The smallest absolute Gasteiger partial charge is 0.0301 e. The van der Waals surface area contributed by atoms with E-state index in [1.165, 1.54) is 21.3 Å². The average Bonchev–Trinajstić information content (AvgIpc) is 2.28. The molecule has 2 heteroatoms. The monoisotopic (exact) mass is 280 g/mol. The molecule has 0 bridgehead atoms. The molecular weight excluding hydrogens is 267 g/mol. The van der Waals surface area contributed by atoms with Gasteiger partial charge in [-0.05, 0) is 47.9 Å². The number of hydrogen-bond donors (Lipinski definition) is 0. The van der Waals surface area contributed by atoms with Crippen LogP contribution < -0.4 is 0 Å². The second-order valence-corrected chi connectivity index (χ2v) is 4.97. The van der Waals surface area contributed by atoms with Crippen molar-refractivity contribution in [3.63, 3.8) is 0 Å². The number of rotatable bonds is 2. The lowest BCUT2D eigenvalue weighted by Crippen LogP contribution is -1.85. The number of halogens is 1. The largest absolute Gasteiger partial charge is 0.144 e. The number of hydrogen-bond acceptors (Lipinski definition) is 1. The van der Waals surface area contributed by atoms with Crippen molar-refractivity contribution in [2.45, 2.75) is 33.6 Å². The first-order valence-corrected chi connectivity index (χ1v) is 5.86. The first-order valence-electron chi connectivity index (χ1n) is 3.97. The maximum absolute atomic E-state index is 2.46. The highest BCUT2D eigenvalue weighted by molar-refractivity contribution is 14.1. The third-order valence-corrected chi connectivity index (χ3v) is 4.98. The predicted molar refractivity (Wildman–Crippen MR) is 60.5 cm³/mol. The molecule has 0 amide bonds. The van der Waals surface area contributed by atoms with Crippen molar-refractivity contribution < 1.29 is 0 Å². The van der Waals surface area contributed by atoms with Crippen molar-refractivity contribution in [2.24, 2.45) is 0 Å². The van der Waals surface area contributed by atoms with Gasteiger partial charge in [0.05, 0.1) is 0 Å². The summed E-state index contributed by atoms with van der Waals surface area (Å²) in [5, 5.41) is 0. The van der Waals surface area contributed by atoms with Gasteiger partial charge < -0.3 is 0 Å². The zero-order valence-electron chi connectivity index (χ0n) is 7.20. The summed E-state index contributed by atoms with van der Waals surface area (Å²) in [6, 6.07) is 0. The molecule has 0 aliphatic rings. The van der Waals surface area contributed by atoms with Crippen LogP contribution in [0.5, 0.6) is 0 Å². The number of aryl methyl sites for hydroxylation is 2. The van der Waals surface area contributed by atoms with Crippen molar-refractivity contribution in [3.05, 3.63) is 18.9 Å². The lowest BCUT2D eigenvalue weighted by Gasteiger charge is -1.96. The van der Waals surface area contributed by atoms with Crippen molar-refractivity contribution in [1.29, 1.82) is 0 Å². The summed E-state index contributed by atoms with van der Waals surface area (Å²) in [6.07, 6.45) is 2.38. The molecule has 11 heavy (non-hydrogen) atoms. The minimum Gasteiger partial charge on any atom is -0.144 e. The molecule has 1 rings (SSSR count). The van der Waals surface area contributed by atoms with E-state index < -0.39 is 0 Å². The molecule has 0 spiro atoms. The van der Waals surface area contributed by atoms with Crippen LogP contribution >= 0.6 is 33.9 Å². The molecule has 0 fully saturated rings. The first-order chi connectivity index (χ1) is 5.20. The highest BCUT2D eigenvalue weighted by Gasteiger charge is 2.09. The Morgan fingerprint density at radius 2 is 1.91 bits per heavy atom. The quantitative estimate of drug-likeness (QED) is 0.723. The van der Waals surface area contributed by atoms with Crippen LogP contribution in [0.15, 0.2) is 0 Å². The number of thiophene rings is 1. The lowest BCUT2D eigenvalue weighted by atomic mass is 10.2. The van der Waals surface area contributed by atoms with Crippen LogP contribution in [0.25, 0.3) is 0 Å². The standard InChI is InChI=1S/C9H13IS/c1-4-7-8(5-2)11-6(3)9(7)10/h4-5H2,1-3H3. The Labute approximate surface area is 86.2 Å². The summed E-state index contributed by atoms with van der Waals surface area (Å²) >= 11 is 4.42. The van der Waals surface area contributed by atoms with Crippen LogP contribution in [0.3, 0.4) is 0 Å². The molecule has 0 saturated heterocycles. The molecule has 0 aliphatic heterocycles. The van der Waals surface area contributed by atoms with Gasteiger partial charge in [-0.25, -0.2) is 0 Å². The Morgan fingerprint density at radius 1 is 1.27 bits per heavy atom. The van der Waals surface area contributed by atoms with Crippen molar-refractivity contribution in [2.75, 3.05) is 0 Å². The maximum atomic E-state index is 2.46. The Kier molecular flexibility index (Phi) is 3.37. The summed E-state index contributed by atoms with van der Waals surface area (Å²) in [5.74, 6) is 0. The van der Waals surface area contributed by atoms with E-state index in [2.05, 4.69) is 43.4 Å². The third kappa shape index (κ3) is 1.78. The molecule has 0 N–H and O–H groups in total. The second-order valence-electron chi connectivity index (χ2n) is 2.58. The van der Waals surface area contributed by atoms with Gasteiger partial charge in [0.1, 0.15) is 0 Å². The molecule has 0 saturated carbocycles. The van der Waals surface area contributed by atoms with E-state index >= 15 is 0 Å². The van der Waals surface area contributed by atoms with Crippen molar-refractivity contribution in [3.8, 4) is 0 Å². The molecule has 0 aliphatic carbocycles. The fourth-order valence-electron chi connectivity index (χ4n) is 1.26. The molecule has 1 aromatic rings. The Bertz CT molecular complexity index is 250. The average molecular weight is 280 g/mol. The van der Waals surface area contributed by atoms with Gasteiger partial charge in [0, 0.05) is 13.3 Å². The molecular formula is C9H13IS. The van der Waals surface area contributed by atoms with Crippen molar-refractivity contribution in [1.82, 2.24) is 0 Å². The van der Waals surface area contributed by atoms with E-state index in [4.69, 9.17) is 0 Å². The molecule has 62 valence electrons. The first kappa shape index (κ1) is 9.52. The minimum absolute atomic E-state index is 1.19. The summed E-state index contributed by atoms with van der Waals surface area (Å²) in [5.41, 5.74) is 1.58. The highest BCUT2D eigenvalue weighted by Crippen LogP contribution is 2.29. The van der Waals surface area contributed by atoms with Crippen molar-refractivity contribution >= 4 is 33.9 Å². The van der Waals surface area contributed by atoms with Crippen LogP contribution in [0.4, 0.5) is 0 Å². The Balaban J connectivity index is 3.15. The highest BCUT2D eigenvalue weighted by atomic mass is 127. The van der Waals surface area contributed by atoms with Crippen LogP contribution in [0.1, 0.15) is 29.2 Å². The summed E-state index contributed by atoms with van der Waals surface area (Å²) in [7, 11) is 0. The summed E-state index contributed by atoms with van der Waals surface area (Å²) in [6.45, 7) is 6.69. The third-order valence-electron chi connectivity index (χ3n) is 1.86. The molecule has 0 atom stereocenters. The maximum Gasteiger partial charge on any atom is 0.0301 e. The second kappa shape index (κ2) is 3.90. The normalized spacial score (nSPS) is 10.5. The van der Waals surface area contributed by atoms with E-state index in [1.807, 2.05) is 11.3 Å². The van der Waals surface area contributed by atoms with E-state index in [1.54, 1.807) is 10.4 Å². The van der Waals surface area contributed by atoms with Gasteiger partial charge in [0.2, 0.25) is 0 Å². The molecule has 0 aromatic carbocycles. The van der Waals surface area contributed by atoms with E-state index in [-0.39, 0.29) is 0 Å². The van der Waals surface area contributed by atoms with Crippen LogP contribution in [-0.2, 0) is 12.8 Å². The molecule has 0 radical (unpaired) electrons. The topological polar surface area (TPSA) is 0 Å². The van der Waals surface area contributed by atoms with E-state index in [9.17, 15) is 0 Å². The predicted octanol–water partition coefficient (Wildman–Crippen LogP) is 3.79. The lowest BCUT2D eigenvalue weighted by molar-refractivity contribution is 1.06. The van der Waals surface area contributed by atoms with Gasteiger partial charge >= 0.3 is 0 Å². The summed E-state index contributed by atoms with van der Waals surface area (Å²) in [4.78, 5) is 3.06. The zero-order valence-corrected chi connectivity index (χ0v) is 10.2. The van der Waals surface area contributed by atoms with Gasteiger partial charge in [-0.2, -0.15) is 0 Å². The van der Waals surface area contributed by atoms with Gasteiger partial charge in [-0.1, -0.05) is 13.8 Å². The van der Waals surface area contributed by atoms with E-state index in [0.29, 0.717) is 0 Å². The molecule has 0 nitrogen and oxygen atoms in total. The van der Waals surface area contributed by atoms with Gasteiger partial charge in [-0.3, -0.25) is 0 Å². The van der Waals surface area contributed by atoms with Crippen LogP contribution in [0.2, 0.25) is 0 Å². The molecule has 1 heterocycles. The SMILES string of the molecule is CCc1sc(C)c(I)c1CC. The fourth-order valence-corrected chi connectivity index (χ4v) is 3.58. The van der Waals surface area contributed by atoms with Gasteiger partial charge in [0.15, 0.2) is 0 Å². The Hall–Kier alpha value is 0.430. The minimum atomic E-state index is 1.19. The summed E-state index contributed by atoms with van der Waals surface area (Å²) < 4.78 is 1.49. The van der Waals surface area contributed by atoms with Crippen LogP contribution in [0, 0.1) is 10.5 Å². The fraction of sp³-hybridized carbons (Fsp3) is 0.556. The molecule has 1 aromatic heterocycles. The van der Waals surface area contributed by atoms with Gasteiger partial charge in [-0.15, -0.1) is 11.3 Å². The molecule has 0 unspecified atom stereocenters. The van der Waals surface area contributed by atoms with Crippen LogP contribution in [-0.4, -0.2) is 0 Å². The van der Waals surface area contributed by atoms with E-state index in [0.717, 1.165) is 0 Å².